The molecule has 1 atom stereocenters. The number of rotatable bonds is 6. The first-order valence-corrected chi connectivity index (χ1v) is 9.35. The molecule has 8 heteroatoms. The normalized spacial score (nSPS) is 11.1. The van der Waals surface area contributed by atoms with E-state index in [9.17, 15) is 14.4 Å². The summed E-state index contributed by atoms with van der Waals surface area (Å²) in [5.74, 6) is -1.63. The molecule has 2 N–H and O–H groups in total. The van der Waals surface area contributed by atoms with Crippen molar-refractivity contribution in [2.45, 2.75) is 20.0 Å². The van der Waals surface area contributed by atoms with E-state index in [-0.39, 0.29) is 11.3 Å². The zero-order valence-electron chi connectivity index (χ0n) is 16.8. The number of para-hydroxylation sites is 1. The lowest BCUT2D eigenvalue weighted by atomic mass is 10.1. The Hall–Kier alpha value is -4.38. The number of carbonyl (C=O) groups is 3. The Morgan fingerprint density at radius 1 is 1.03 bits per heavy atom. The second kappa shape index (κ2) is 9.41. The summed E-state index contributed by atoms with van der Waals surface area (Å²) in [6.07, 6.45) is 0.276. The highest BCUT2D eigenvalue weighted by atomic mass is 16.5. The van der Waals surface area contributed by atoms with Gasteiger partial charge in [0.2, 0.25) is 0 Å². The van der Waals surface area contributed by atoms with Gasteiger partial charge in [-0.3, -0.25) is 9.59 Å². The molecule has 8 nitrogen and oxygen atoms in total. The molecule has 2 amide bonds. The van der Waals surface area contributed by atoms with Gasteiger partial charge in [0.1, 0.15) is 6.07 Å². The number of nitrogens with zero attached hydrogens (tertiary/aromatic N) is 1. The van der Waals surface area contributed by atoms with Gasteiger partial charge >= 0.3 is 5.97 Å². The maximum Gasteiger partial charge on any atom is 0.338 e. The zero-order chi connectivity index (χ0) is 22.4. The molecule has 0 unspecified atom stereocenters. The molecule has 156 valence electrons. The second-order valence-corrected chi connectivity index (χ2v) is 6.66. The molecular formula is C23H19N3O5. The van der Waals surface area contributed by atoms with Crippen LogP contribution in [0.2, 0.25) is 0 Å². The molecule has 0 saturated heterocycles. The maximum absolute atomic E-state index is 12.5. The number of hydrogen-bond donors (Lipinski definition) is 2. The molecule has 31 heavy (non-hydrogen) atoms. The first kappa shape index (κ1) is 21.3. The molecular weight excluding hydrogens is 398 g/mol. The van der Waals surface area contributed by atoms with Gasteiger partial charge in [0.05, 0.1) is 23.1 Å². The fraction of sp³-hybridized carbons (Fsp3) is 0.130. The van der Waals surface area contributed by atoms with Crippen molar-refractivity contribution in [2.24, 2.45) is 0 Å². The molecule has 3 rings (SSSR count). The standard InChI is InChI=1S/C23H19N3O5/c1-14-9-10-16(12-19(14)26-22(28)20-8-5-11-30-20)23(29)31-15(2)21(27)25-18-7-4-3-6-17(18)13-24/h3-12,15H,1-2H3,(H,25,27)(H,26,28)/t15-/m1/s1. The number of benzene rings is 2. The fourth-order valence-corrected chi connectivity index (χ4v) is 2.68. The number of aryl methyl sites for hydroxylation is 1. The Morgan fingerprint density at radius 2 is 1.81 bits per heavy atom. The number of anilines is 2. The molecule has 0 aliphatic carbocycles. The Bertz CT molecular complexity index is 1160. The molecule has 3 aromatic rings. The molecule has 2 aromatic carbocycles. The smallest absolute Gasteiger partial charge is 0.338 e. The van der Waals surface area contributed by atoms with Crippen LogP contribution in [0.5, 0.6) is 0 Å². The molecule has 1 aromatic heterocycles. The number of esters is 1. The van der Waals surface area contributed by atoms with Crippen LogP contribution < -0.4 is 10.6 Å². The number of hydrogen-bond acceptors (Lipinski definition) is 6. The molecule has 0 fully saturated rings. The van der Waals surface area contributed by atoms with Crippen molar-refractivity contribution >= 4 is 29.2 Å². The quantitative estimate of drug-likeness (QED) is 0.587. The van der Waals surface area contributed by atoms with Gasteiger partial charge in [-0.15, -0.1) is 0 Å². The highest BCUT2D eigenvalue weighted by Crippen LogP contribution is 2.20. The third kappa shape index (κ3) is 5.16. The van der Waals surface area contributed by atoms with Crippen LogP contribution in [0.1, 0.15) is 39.0 Å². The van der Waals surface area contributed by atoms with Gasteiger partial charge in [-0.2, -0.15) is 5.26 Å². The van der Waals surface area contributed by atoms with E-state index in [0.717, 1.165) is 5.56 Å². The predicted octanol–water partition coefficient (Wildman–Crippen LogP) is 3.90. The third-order valence-electron chi connectivity index (χ3n) is 4.42. The summed E-state index contributed by atoms with van der Waals surface area (Å²) in [4.78, 5) is 37.1. The van der Waals surface area contributed by atoms with Crippen molar-refractivity contribution < 1.29 is 23.5 Å². The van der Waals surface area contributed by atoms with Crippen LogP contribution >= 0.6 is 0 Å². The lowest BCUT2D eigenvalue weighted by Crippen LogP contribution is -2.30. The SMILES string of the molecule is Cc1ccc(C(=O)O[C@H](C)C(=O)Nc2ccccc2C#N)cc1NC(=O)c1ccco1. The molecule has 0 aliphatic rings. The van der Waals surface area contributed by atoms with Crippen LogP contribution in [0.25, 0.3) is 0 Å². The molecule has 0 bridgehead atoms. The van der Waals surface area contributed by atoms with Gasteiger partial charge in [0, 0.05) is 5.69 Å². The van der Waals surface area contributed by atoms with Crippen molar-refractivity contribution in [3.63, 3.8) is 0 Å². The van der Waals surface area contributed by atoms with Crippen LogP contribution in [-0.2, 0) is 9.53 Å². The van der Waals surface area contributed by atoms with Gasteiger partial charge in [0.25, 0.3) is 11.8 Å². The van der Waals surface area contributed by atoms with Gasteiger partial charge in [-0.05, 0) is 55.8 Å². The lowest BCUT2D eigenvalue weighted by Gasteiger charge is -2.15. The fourth-order valence-electron chi connectivity index (χ4n) is 2.68. The molecule has 0 spiro atoms. The molecule has 0 aliphatic heterocycles. The average Bonchev–Trinajstić information content (AvgIpc) is 3.30. The maximum atomic E-state index is 12.5. The number of nitriles is 1. The van der Waals surface area contributed by atoms with Crippen molar-refractivity contribution in [1.29, 1.82) is 5.26 Å². The summed E-state index contributed by atoms with van der Waals surface area (Å²) >= 11 is 0. The Balaban J connectivity index is 1.67. The Labute approximate surface area is 178 Å². The lowest BCUT2D eigenvalue weighted by molar-refractivity contribution is -0.123. The van der Waals surface area contributed by atoms with Crippen LogP contribution in [0, 0.1) is 18.3 Å². The first-order chi connectivity index (χ1) is 14.9. The monoisotopic (exact) mass is 417 g/mol. The van der Waals surface area contributed by atoms with Crippen molar-refractivity contribution in [3.05, 3.63) is 83.3 Å². The number of carbonyl (C=O) groups excluding carboxylic acids is 3. The largest absolute Gasteiger partial charge is 0.459 e. The van der Waals surface area contributed by atoms with E-state index in [1.54, 1.807) is 43.3 Å². The van der Waals surface area contributed by atoms with Crippen LogP contribution in [0.4, 0.5) is 11.4 Å². The first-order valence-electron chi connectivity index (χ1n) is 9.35. The minimum atomic E-state index is -1.11. The second-order valence-electron chi connectivity index (χ2n) is 6.66. The average molecular weight is 417 g/mol. The van der Waals surface area contributed by atoms with E-state index in [2.05, 4.69) is 10.6 Å². The highest BCUT2D eigenvalue weighted by molar-refractivity contribution is 6.04. The molecule has 0 radical (unpaired) electrons. The van der Waals surface area contributed by atoms with Crippen LogP contribution in [0.3, 0.4) is 0 Å². The van der Waals surface area contributed by atoms with E-state index in [4.69, 9.17) is 14.4 Å². The minimum Gasteiger partial charge on any atom is -0.459 e. The van der Waals surface area contributed by atoms with Gasteiger partial charge in [0.15, 0.2) is 11.9 Å². The topological polar surface area (TPSA) is 121 Å². The number of ether oxygens (including phenoxy) is 1. The zero-order valence-corrected chi connectivity index (χ0v) is 16.8. The minimum absolute atomic E-state index is 0.135. The van der Waals surface area contributed by atoms with Crippen molar-refractivity contribution in [3.8, 4) is 6.07 Å². The van der Waals surface area contributed by atoms with E-state index in [0.29, 0.717) is 16.9 Å². The summed E-state index contributed by atoms with van der Waals surface area (Å²) in [6.45, 7) is 3.20. The Kier molecular flexibility index (Phi) is 6.48. The van der Waals surface area contributed by atoms with Crippen molar-refractivity contribution in [2.75, 3.05) is 10.6 Å². The highest BCUT2D eigenvalue weighted by Gasteiger charge is 2.21. The number of amides is 2. The number of nitrogens with one attached hydrogen (secondary N) is 2. The Morgan fingerprint density at radius 3 is 2.52 bits per heavy atom. The van der Waals surface area contributed by atoms with Gasteiger partial charge in [-0.1, -0.05) is 18.2 Å². The van der Waals surface area contributed by atoms with E-state index >= 15 is 0 Å². The third-order valence-corrected chi connectivity index (χ3v) is 4.42. The van der Waals surface area contributed by atoms with Crippen molar-refractivity contribution in [1.82, 2.24) is 0 Å². The summed E-state index contributed by atoms with van der Waals surface area (Å²) < 4.78 is 10.3. The predicted molar refractivity (Wildman–Crippen MR) is 113 cm³/mol. The van der Waals surface area contributed by atoms with Gasteiger partial charge < -0.3 is 19.8 Å². The van der Waals surface area contributed by atoms with E-state index in [1.807, 2.05) is 6.07 Å². The summed E-state index contributed by atoms with van der Waals surface area (Å²) in [7, 11) is 0. The summed E-state index contributed by atoms with van der Waals surface area (Å²) in [5.41, 5.74) is 1.93. The van der Waals surface area contributed by atoms with E-state index < -0.39 is 23.9 Å². The summed E-state index contributed by atoms with van der Waals surface area (Å²) in [6, 6.07) is 16.3. The molecule has 0 saturated carbocycles. The van der Waals surface area contributed by atoms with E-state index in [1.165, 1.54) is 31.4 Å². The van der Waals surface area contributed by atoms with Gasteiger partial charge in [-0.25, -0.2) is 4.79 Å². The summed E-state index contributed by atoms with van der Waals surface area (Å²) in [5, 5.41) is 14.4. The number of furan rings is 1. The molecule has 1 heterocycles. The van der Waals surface area contributed by atoms with Crippen LogP contribution in [0.15, 0.2) is 65.3 Å². The van der Waals surface area contributed by atoms with Crippen LogP contribution in [-0.4, -0.2) is 23.9 Å².